The molecule has 0 aliphatic rings. The lowest BCUT2D eigenvalue weighted by Crippen LogP contribution is -2.39. The van der Waals surface area contributed by atoms with Crippen molar-refractivity contribution < 1.29 is 44.5 Å². The number of nitrogens with two attached hydrogens (primary N) is 4. The Bertz CT molecular complexity index is 6140. The summed E-state index contributed by atoms with van der Waals surface area (Å²) in [4.78, 5) is 85.6. The second-order valence-electron chi connectivity index (χ2n) is 27.1. The summed E-state index contributed by atoms with van der Waals surface area (Å²) in [5.41, 5.74) is 35.2. The first kappa shape index (κ1) is 88.4. The molecule has 12 N–H and O–H groups in total. The standard InChI is InChI=1S/C20H26ClN6O3.C19H23Cl2N6O2.C18H19BrClN6O2.C18H19ClIN6O2/c1-11(2)7-6-8-25-15-17(21)23-19(22)24-18(15)26(20(25)28)10-14-13(4)16(30-5)12(3)9-27(14)29;1-10(2)6-5-7-25-15-16(21)23-18(22)24-17(15)26(19(25)28)9-13-12(4)14(20)11(3)8-27(13)29;1-4-5-6-7-24-14-15(20)22-17(21)23-16(14)25(18(24)27)9-12-11(3)13(19)10(2)8-26(12)28;1-4-5-6-7-24-14-15(19)22-17(21)23-16(14)25(18(24)27)9-12-11(3)13(20)10(2)8-26(12)28/h7,9,29H,6,8,10H2,1-5H3,(H2,22,23,24);6,8,29H,5,7,9H2,1-4H3,(H2,22,23,24);2*8,28H,4,7,9H2,1-3H3,(H2,21,22,23)/q4*+1. The number of methoxy groups -OCH3 is 1. The Morgan fingerprint density at radius 2 is 0.757 bits per heavy atom. The Balaban J connectivity index is 0.000000175. The van der Waals surface area contributed by atoms with E-state index in [2.05, 4.69) is 102 Å². The van der Waals surface area contributed by atoms with Crippen molar-refractivity contribution in [2.45, 2.75) is 175 Å². The molecule has 33 nitrogen and oxygen atoms in total. The van der Waals surface area contributed by atoms with Crippen molar-refractivity contribution in [3.63, 3.8) is 0 Å². The molecule has 0 radical (unpaired) electrons. The Morgan fingerprint density at radius 3 is 1.10 bits per heavy atom. The molecule has 0 unspecified atom stereocenters. The molecule has 40 heteroatoms. The molecule has 0 aromatic carbocycles. The lowest BCUT2D eigenvalue weighted by atomic mass is 10.1. The maximum atomic E-state index is 13.3. The van der Waals surface area contributed by atoms with Gasteiger partial charge in [0.15, 0.2) is 43.2 Å². The van der Waals surface area contributed by atoms with E-state index in [0.717, 1.165) is 71.5 Å². The number of allylic oxidation sites excluding steroid dienone is 4. The van der Waals surface area contributed by atoms with E-state index in [-0.39, 0.29) is 112 Å². The van der Waals surface area contributed by atoms with Crippen molar-refractivity contribution in [1.29, 1.82) is 0 Å². The molecule has 12 rings (SSSR count). The van der Waals surface area contributed by atoms with Gasteiger partial charge in [-0.15, -0.1) is 11.8 Å². The number of halogens is 7. The average Bonchev–Trinajstić information content (AvgIpc) is 1.63. The summed E-state index contributed by atoms with van der Waals surface area (Å²) in [6, 6.07) is 0. The molecule has 0 saturated carbocycles. The first-order chi connectivity index (χ1) is 54.3. The Labute approximate surface area is 706 Å². The van der Waals surface area contributed by atoms with Crippen LogP contribution in [0, 0.1) is 82.6 Å². The molecule has 12 heterocycles. The minimum absolute atomic E-state index is 0.0298. The van der Waals surface area contributed by atoms with E-state index in [1.54, 1.807) is 37.9 Å². The maximum absolute atomic E-state index is 13.3. The number of nitrogens with zero attached hydrogens (tertiary/aromatic N) is 20. The van der Waals surface area contributed by atoms with Gasteiger partial charge < -0.3 is 27.7 Å². The summed E-state index contributed by atoms with van der Waals surface area (Å²) in [6.07, 6.45) is 12.9. The zero-order valence-electron chi connectivity index (χ0n) is 65.7. The van der Waals surface area contributed by atoms with Crippen LogP contribution in [0.4, 0.5) is 23.8 Å². The van der Waals surface area contributed by atoms with Crippen molar-refractivity contribution in [2.75, 3.05) is 30.0 Å². The number of ether oxygens (including phenoxy) is 1. The zero-order valence-corrected chi connectivity index (χ0v) is 73.2. The first-order valence-corrected chi connectivity index (χ1v) is 39.4. The monoisotopic (exact) mass is 1850 g/mol. The highest BCUT2D eigenvalue weighted by atomic mass is 127. The molecule has 0 bridgehead atoms. The van der Waals surface area contributed by atoms with Crippen molar-refractivity contribution in [3.05, 3.63) is 191 Å². The van der Waals surface area contributed by atoms with Gasteiger partial charge in [-0.3, -0.25) is 57.4 Å². The number of aryl methyl sites for hydroxylation is 6. The minimum Gasteiger partial charge on any atom is -0.496 e. The molecular weight excluding hydrogens is 1770 g/mol. The molecule has 12 aromatic heterocycles. The summed E-state index contributed by atoms with van der Waals surface area (Å²) < 4.78 is 22.9. The fourth-order valence-corrected chi connectivity index (χ4v) is 14.9. The Kier molecular flexibility index (Phi) is 28.7. The predicted molar refractivity (Wildman–Crippen MR) is 451 cm³/mol. The van der Waals surface area contributed by atoms with Gasteiger partial charge in [0.2, 0.25) is 48.6 Å². The third-order valence-electron chi connectivity index (χ3n) is 18.5. The summed E-state index contributed by atoms with van der Waals surface area (Å²) in [6.45, 7) is 28.0. The molecule has 0 fully saturated rings. The molecule has 606 valence electrons. The molecule has 0 saturated heterocycles. The molecule has 0 aliphatic carbocycles. The highest BCUT2D eigenvalue weighted by Crippen LogP contribution is 2.31. The Morgan fingerprint density at radius 1 is 0.452 bits per heavy atom. The number of hydrogen-bond donors (Lipinski definition) is 8. The molecule has 0 aliphatic heterocycles. The first-order valence-electron chi connectivity index (χ1n) is 35.6. The van der Waals surface area contributed by atoms with Crippen molar-refractivity contribution in [2.24, 2.45) is 0 Å². The van der Waals surface area contributed by atoms with E-state index in [4.69, 9.17) is 85.7 Å². The third kappa shape index (κ3) is 18.9. The van der Waals surface area contributed by atoms with Crippen LogP contribution in [0.15, 0.2) is 71.7 Å². The maximum Gasteiger partial charge on any atom is 0.331 e. The van der Waals surface area contributed by atoms with Gasteiger partial charge in [-0.25, -0.2) is 19.2 Å². The number of aromatic nitrogens is 20. The van der Waals surface area contributed by atoms with Gasteiger partial charge in [0, 0.05) is 86.3 Å². The summed E-state index contributed by atoms with van der Waals surface area (Å²) in [5.74, 6) is 12.3. The molecular formula is C75H87BrCl5IN24O9+4. The van der Waals surface area contributed by atoms with Gasteiger partial charge in [0.05, 0.1) is 36.3 Å². The number of pyridine rings is 4. The molecule has 12 aromatic rings. The van der Waals surface area contributed by atoms with Crippen LogP contribution in [-0.2, 0) is 52.4 Å². The third-order valence-corrected chi connectivity index (χ3v) is 23.0. The van der Waals surface area contributed by atoms with Crippen molar-refractivity contribution in [3.8, 4) is 29.4 Å². The van der Waals surface area contributed by atoms with E-state index in [9.17, 15) is 40.0 Å². The zero-order chi connectivity index (χ0) is 84.8. The predicted octanol–water partition coefficient (Wildman–Crippen LogP) is 9.64. The lowest BCUT2D eigenvalue weighted by Gasteiger charge is -2.09. The van der Waals surface area contributed by atoms with Crippen LogP contribution < -0.4 is 69.4 Å². The summed E-state index contributed by atoms with van der Waals surface area (Å²) >= 11 is 37.3. The second-order valence-corrected chi connectivity index (χ2v) is 30.8. The van der Waals surface area contributed by atoms with Gasteiger partial charge in [0.25, 0.3) is 22.8 Å². The van der Waals surface area contributed by atoms with E-state index >= 15 is 0 Å². The Hall–Kier alpha value is -10.5. The van der Waals surface area contributed by atoms with Crippen molar-refractivity contribution >= 4 is 165 Å². The quantitative estimate of drug-likeness (QED) is 0.0105. The highest BCUT2D eigenvalue weighted by Gasteiger charge is 2.31. The number of fused-ring (bicyclic) bond motifs is 4. The number of hydrogen-bond acceptors (Lipinski definition) is 21. The van der Waals surface area contributed by atoms with E-state index in [0.29, 0.717) is 122 Å². The lowest BCUT2D eigenvalue weighted by molar-refractivity contribution is -0.910. The van der Waals surface area contributed by atoms with Crippen LogP contribution in [0.5, 0.6) is 5.75 Å². The smallest absolute Gasteiger partial charge is 0.331 e. The SMILES string of the molecule is CC(C)=CCCn1c(=O)n(Cc2c(C)c(Cl)c(C)c[n+]2O)c2nc(N)nc(Cl)c21.CCC#CCn1c(=O)n(Cc2c(C)c(Br)c(C)c[n+]2O)c2nc(N)nc(Cl)c21.CCC#CCn1c(=O)n(Cc2c(C)c(I)c(C)c[n+]2O)c2nc(N)nc(Cl)c21.COc1c(C)c[n+](O)c(Cn2c(=O)n(CCC=C(C)C)c3c(Cl)nc(N)nc32)c1C. The molecule has 115 heavy (non-hydrogen) atoms. The largest absolute Gasteiger partial charge is 0.496 e. The fourth-order valence-electron chi connectivity index (χ4n) is 12.8. The molecule has 0 atom stereocenters. The summed E-state index contributed by atoms with van der Waals surface area (Å²) in [5, 5.41) is 42.6. The normalized spacial score (nSPS) is 11.0. The van der Waals surface area contributed by atoms with Crippen molar-refractivity contribution in [1.82, 2.24) is 76.4 Å². The van der Waals surface area contributed by atoms with Crippen LogP contribution in [0.1, 0.15) is 135 Å². The van der Waals surface area contributed by atoms with Gasteiger partial charge >= 0.3 is 22.8 Å². The van der Waals surface area contributed by atoms with Crippen LogP contribution in [-0.4, -0.2) is 104 Å². The topological polar surface area (TPSA) is 421 Å². The number of rotatable bonds is 17. The fraction of sp³-hybridized carbons (Fsp3) is 0.360. The van der Waals surface area contributed by atoms with E-state index in [1.165, 1.54) is 44.4 Å². The van der Waals surface area contributed by atoms with E-state index < -0.39 is 0 Å². The van der Waals surface area contributed by atoms with Crippen LogP contribution >= 0.6 is 96.5 Å². The second kappa shape index (κ2) is 37.4. The van der Waals surface area contributed by atoms with Crippen LogP contribution in [0.2, 0.25) is 25.6 Å². The molecule has 0 amide bonds. The average molecular weight is 1850 g/mol. The van der Waals surface area contributed by atoms with Gasteiger partial charge in [-0.2, -0.15) is 39.9 Å². The number of nitrogen functional groups attached to an aromatic ring is 4. The van der Waals surface area contributed by atoms with Crippen LogP contribution in [0.3, 0.4) is 0 Å². The number of anilines is 4. The van der Waals surface area contributed by atoms with Gasteiger partial charge in [-0.05, 0) is 134 Å². The van der Waals surface area contributed by atoms with Gasteiger partial charge in [0.1, 0.15) is 54.0 Å². The summed E-state index contributed by atoms with van der Waals surface area (Å²) in [7, 11) is 1.57. The number of imidazole rings is 4. The minimum atomic E-state index is -0.363. The highest BCUT2D eigenvalue weighted by molar-refractivity contribution is 14.1. The molecule has 0 spiro atoms. The van der Waals surface area contributed by atoms with Crippen LogP contribution in [0.25, 0.3) is 44.7 Å². The van der Waals surface area contributed by atoms with Gasteiger partial charge in [-0.1, -0.05) is 107 Å². The van der Waals surface area contributed by atoms with E-state index in [1.807, 2.05) is 95.2 Å².